The summed E-state index contributed by atoms with van der Waals surface area (Å²) in [6, 6.07) is 3.39. The Balaban J connectivity index is 2.27. The van der Waals surface area contributed by atoms with Crippen LogP contribution in [0.1, 0.15) is 33.3 Å². The molecule has 0 saturated carbocycles. The normalized spacial score (nSPS) is 10.3. The third-order valence-corrected chi connectivity index (χ3v) is 2.73. The number of hydrogen-bond acceptors (Lipinski definition) is 7. The highest BCUT2D eigenvalue weighted by molar-refractivity contribution is 6.07. The molecule has 0 aliphatic carbocycles. The number of carbonyl (C=O) groups is 2. The molecule has 0 spiro atoms. The maximum atomic E-state index is 12.1. The second-order valence-electron chi connectivity index (χ2n) is 4.38. The molecule has 0 aliphatic heterocycles. The first-order valence-electron chi connectivity index (χ1n) is 6.40. The molecule has 0 aliphatic rings. The predicted octanol–water partition coefficient (Wildman–Crippen LogP) is 1.82. The van der Waals surface area contributed by atoms with Crippen molar-refractivity contribution >= 4 is 17.8 Å². The number of rotatable bonds is 4. The summed E-state index contributed by atoms with van der Waals surface area (Å²) in [7, 11) is 0. The molecule has 0 unspecified atom stereocenters. The molecule has 0 fully saturated rings. The quantitative estimate of drug-likeness (QED) is 0.736. The van der Waals surface area contributed by atoms with Gasteiger partial charge in [0.2, 0.25) is 5.88 Å². The summed E-state index contributed by atoms with van der Waals surface area (Å²) >= 11 is 0. The number of hydrogen-bond donors (Lipinski definition) is 3. The maximum absolute atomic E-state index is 12.1. The Kier molecular flexibility index (Phi) is 4.31. The third-order valence-electron chi connectivity index (χ3n) is 2.73. The highest BCUT2D eigenvalue weighted by Gasteiger charge is 2.23. The fraction of sp³-hybridized carbons (Fsp3) is 0.214. The van der Waals surface area contributed by atoms with Crippen molar-refractivity contribution < 1.29 is 29.1 Å². The smallest absolute Gasteiger partial charge is 0.345 e. The first kappa shape index (κ1) is 15.4. The van der Waals surface area contributed by atoms with E-state index in [-0.39, 0.29) is 40.8 Å². The first-order chi connectivity index (χ1) is 10.4. The lowest BCUT2D eigenvalue weighted by Crippen LogP contribution is -2.15. The molecule has 0 radical (unpaired) electrons. The lowest BCUT2D eigenvalue weighted by atomic mass is 10.2. The van der Waals surface area contributed by atoms with Gasteiger partial charge in [0.15, 0.2) is 0 Å². The molecule has 2 rings (SSSR count). The molecule has 116 valence electrons. The summed E-state index contributed by atoms with van der Waals surface area (Å²) in [5.41, 5.74) is 0.272. The monoisotopic (exact) mass is 306 g/mol. The number of nitrogens with zero attached hydrogens (tertiary/aromatic N) is 1. The zero-order chi connectivity index (χ0) is 16.3. The van der Waals surface area contributed by atoms with Crippen LogP contribution in [0, 0.1) is 6.92 Å². The number of amides is 1. The summed E-state index contributed by atoms with van der Waals surface area (Å²) < 4.78 is 9.77. The lowest BCUT2D eigenvalue weighted by molar-refractivity contribution is 0.0526. The van der Waals surface area contributed by atoms with Crippen LogP contribution in [-0.2, 0) is 4.74 Å². The summed E-state index contributed by atoms with van der Waals surface area (Å²) in [5, 5.41) is 24.7. The van der Waals surface area contributed by atoms with Gasteiger partial charge in [0.05, 0.1) is 12.3 Å². The summed E-state index contributed by atoms with van der Waals surface area (Å²) in [6.45, 7) is 3.34. The first-order valence-corrected chi connectivity index (χ1v) is 6.40. The van der Waals surface area contributed by atoms with E-state index in [1.807, 2.05) is 0 Å². The van der Waals surface area contributed by atoms with Crippen molar-refractivity contribution in [3.05, 3.63) is 35.0 Å². The molecular weight excluding hydrogens is 292 g/mol. The Bertz CT molecular complexity index is 702. The van der Waals surface area contributed by atoms with E-state index in [0.29, 0.717) is 0 Å². The molecule has 2 aromatic rings. The fourth-order valence-corrected chi connectivity index (χ4v) is 1.80. The van der Waals surface area contributed by atoms with Gasteiger partial charge in [-0.2, -0.15) is 0 Å². The zero-order valence-corrected chi connectivity index (χ0v) is 11.9. The second-order valence-corrected chi connectivity index (χ2v) is 4.38. The van der Waals surface area contributed by atoms with E-state index in [2.05, 4.69) is 10.5 Å². The van der Waals surface area contributed by atoms with Gasteiger partial charge in [0.25, 0.3) is 5.91 Å². The van der Waals surface area contributed by atoms with Crippen LogP contribution in [-0.4, -0.2) is 33.9 Å². The van der Waals surface area contributed by atoms with Crippen LogP contribution in [0.5, 0.6) is 11.5 Å². The highest BCUT2D eigenvalue weighted by atomic mass is 16.5. The number of anilines is 1. The Morgan fingerprint density at radius 2 is 1.91 bits per heavy atom. The van der Waals surface area contributed by atoms with E-state index in [1.54, 1.807) is 6.92 Å². The number of phenols is 2. The Labute approximate surface area is 125 Å². The van der Waals surface area contributed by atoms with Crippen molar-refractivity contribution in [1.29, 1.82) is 0 Å². The van der Waals surface area contributed by atoms with Gasteiger partial charge in [-0.3, -0.25) is 10.1 Å². The Morgan fingerprint density at radius 1 is 1.27 bits per heavy atom. The second kappa shape index (κ2) is 6.17. The number of phenolic OH excluding ortho intramolecular Hbond substituents is 2. The summed E-state index contributed by atoms with van der Waals surface area (Å²) in [6.07, 6.45) is 0. The van der Waals surface area contributed by atoms with Crippen LogP contribution in [0.4, 0.5) is 5.88 Å². The predicted molar refractivity (Wildman–Crippen MR) is 74.9 cm³/mol. The number of aromatic hydroxyl groups is 2. The van der Waals surface area contributed by atoms with Gasteiger partial charge in [-0.15, -0.1) is 0 Å². The van der Waals surface area contributed by atoms with Gasteiger partial charge >= 0.3 is 5.97 Å². The SMILES string of the molecule is CCOC(=O)c1c(C)noc1NC(=O)c1cc(O)cc(O)c1. The number of nitrogens with one attached hydrogen (secondary N) is 1. The van der Waals surface area contributed by atoms with Gasteiger partial charge in [0.1, 0.15) is 17.1 Å². The zero-order valence-electron chi connectivity index (χ0n) is 11.9. The van der Waals surface area contributed by atoms with E-state index in [0.717, 1.165) is 18.2 Å². The van der Waals surface area contributed by atoms with Crippen LogP contribution in [0.15, 0.2) is 22.7 Å². The molecule has 3 N–H and O–H groups in total. The molecular formula is C14H14N2O6. The topological polar surface area (TPSA) is 122 Å². The summed E-state index contributed by atoms with van der Waals surface area (Å²) in [4.78, 5) is 23.9. The number of aromatic nitrogens is 1. The van der Waals surface area contributed by atoms with E-state index in [4.69, 9.17) is 9.26 Å². The van der Waals surface area contributed by atoms with E-state index in [1.165, 1.54) is 6.92 Å². The van der Waals surface area contributed by atoms with E-state index >= 15 is 0 Å². The van der Waals surface area contributed by atoms with Crippen LogP contribution < -0.4 is 5.32 Å². The molecule has 0 bridgehead atoms. The van der Waals surface area contributed by atoms with Gasteiger partial charge in [-0.05, 0) is 26.0 Å². The molecule has 8 heteroatoms. The van der Waals surface area contributed by atoms with E-state index < -0.39 is 11.9 Å². The number of carbonyl (C=O) groups excluding carboxylic acids is 2. The van der Waals surface area contributed by atoms with Crippen molar-refractivity contribution in [3.8, 4) is 11.5 Å². The van der Waals surface area contributed by atoms with Gasteiger partial charge < -0.3 is 19.5 Å². The van der Waals surface area contributed by atoms with Gasteiger partial charge in [-0.1, -0.05) is 5.16 Å². The van der Waals surface area contributed by atoms with Gasteiger partial charge in [0, 0.05) is 11.6 Å². The largest absolute Gasteiger partial charge is 0.508 e. The Hall–Kier alpha value is -3.03. The summed E-state index contributed by atoms with van der Waals surface area (Å²) in [5.74, 6) is -2.07. The van der Waals surface area contributed by atoms with Crippen LogP contribution in [0.25, 0.3) is 0 Å². The number of benzene rings is 1. The minimum absolute atomic E-state index is 0.0126. The molecule has 1 aromatic heterocycles. The molecule has 1 amide bonds. The van der Waals surface area contributed by atoms with Gasteiger partial charge in [-0.25, -0.2) is 4.79 Å². The number of esters is 1. The molecule has 1 aromatic carbocycles. The van der Waals surface area contributed by atoms with E-state index in [9.17, 15) is 19.8 Å². The lowest BCUT2D eigenvalue weighted by Gasteiger charge is -2.05. The molecule has 1 heterocycles. The van der Waals surface area contributed by atoms with Crippen molar-refractivity contribution in [2.45, 2.75) is 13.8 Å². The van der Waals surface area contributed by atoms with Crippen LogP contribution in [0.3, 0.4) is 0 Å². The Morgan fingerprint density at radius 3 is 2.50 bits per heavy atom. The minimum atomic E-state index is -0.687. The standard InChI is InChI=1S/C14H14N2O6/c1-3-21-14(20)11-7(2)16-22-13(11)15-12(19)8-4-9(17)6-10(18)5-8/h4-6,17-18H,3H2,1-2H3,(H,15,19). The average Bonchev–Trinajstić information content (AvgIpc) is 2.79. The molecule has 0 atom stereocenters. The van der Waals surface area contributed by atoms with Crippen molar-refractivity contribution in [2.75, 3.05) is 11.9 Å². The van der Waals surface area contributed by atoms with Crippen molar-refractivity contribution in [1.82, 2.24) is 5.16 Å². The van der Waals surface area contributed by atoms with Crippen LogP contribution >= 0.6 is 0 Å². The number of ether oxygens (including phenoxy) is 1. The van der Waals surface area contributed by atoms with Crippen molar-refractivity contribution in [2.24, 2.45) is 0 Å². The third kappa shape index (κ3) is 3.17. The average molecular weight is 306 g/mol. The fourth-order valence-electron chi connectivity index (χ4n) is 1.80. The molecule has 22 heavy (non-hydrogen) atoms. The van der Waals surface area contributed by atoms with Crippen molar-refractivity contribution in [3.63, 3.8) is 0 Å². The molecule has 8 nitrogen and oxygen atoms in total. The molecule has 0 saturated heterocycles. The minimum Gasteiger partial charge on any atom is -0.508 e. The number of aryl methyl sites for hydroxylation is 1. The van der Waals surface area contributed by atoms with Crippen LogP contribution in [0.2, 0.25) is 0 Å². The maximum Gasteiger partial charge on any atom is 0.345 e. The highest BCUT2D eigenvalue weighted by Crippen LogP contribution is 2.24.